The van der Waals surface area contributed by atoms with Crippen LogP contribution in [0.3, 0.4) is 0 Å². The number of carboxylic acid groups (broad SMARTS) is 1. The van der Waals surface area contributed by atoms with E-state index in [1.165, 1.54) is 32.2 Å². The number of carbonyl (C=O) groups excluding carboxylic acids is 1. The molecule has 0 bridgehead atoms. The van der Waals surface area contributed by atoms with Crippen LogP contribution in [0.1, 0.15) is 13.8 Å². The molecule has 21 heavy (non-hydrogen) atoms. The molecule has 1 heterocycles. The van der Waals surface area contributed by atoms with Crippen molar-refractivity contribution >= 4 is 21.9 Å². The molecule has 0 aliphatic rings. The number of amides is 1. The summed E-state index contributed by atoms with van der Waals surface area (Å²) in [7, 11) is -4.00. The van der Waals surface area contributed by atoms with E-state index < -0.39 is 22.0 Å². The van der Waals surface area contributed by atoms with Gasteiger partial charge in [0.1, 0.15) is 10.9 Å². The van der Waals surface area contributed by atoms with Crippen molar-refractivity contribution in [1.29, 1.82) is 0 Å². The first-order valence-electron chi connectivity index (χ1n) is 6.16. The Morgan fingerprint density at radius 2 is 2.14 bits per heavy atom. The van der Waals surface area contributed by atoms with Gasteiger partial charge in [-0.3, -0.25) is 14.6 Å². The second-order valence-corrected chi connectivity index (χ2v) is 6.19. The predicted molar refractivity (Wildman–Crippen MR) is 73.9 cm³/mol. The summed E-state index contributed by atoms with van der Waals surface area (Å²) in [4.78, 5) is 25.6. The van der Waals surface area contributed by atoms with E-state index in [-0.39, 0.29) is 23.9 Å². The molecule has 0 aliphatic carbocycles. The molecule has 1 rings (SSSR count). The number of hydrogen-bond acceptors (Lipinski definition) is 5. The van der Waals surface area contributed by atoms with Crippen molar-refractivity contribution in [2.24, 2.45) is 0 Å². The first kappa shape index (κ1) is 17.1. The van der Waals surface area contributed by atoms with Crippen LogP contribution in [0.15, 0.2) is 29.4 Å². The number of pyridine rings is 1. The number of aromatic nitrogens is 1. The number of rotatable bonds is 7. The van der Waals surface area contributed by atoms with Crippen molar-refractivity contribution < 1.29 is 23.1 Å². The molecule has 0 fully saturated rings. The third-order valence-corrected chi connectivity index (χ3v) is 4.69. The molecule has 8 nitrogen and oxygen atoms in total. The second-order valence-electron chi connectivity index (χ2n) is 4.30. The third kappa shape index (κ3) is 4.50. The summed E-state index contributed by atoms with van der Waals surface area (Å²) in [5, 5.41) is 11.5. The lowest BCUT2D eigenvalue weighted by atomic mass is 10.3. The Bertz CT molecular complexity index is 603. The van der Waals surface area contributed by atoms with Gasteiger partial charge in [-0.15, -0.1) is 0 Å². The van der Waals surface area contributed by atoms with Crippen LogP contribution in [0.5, 0.6) is 0 Å². The van der Waals surface area contributed by atoms with E-state index in [1.54, 1.807) is 0 Å². The van der Waals surface area contributed by atoms with Crippen molar-refractivity contribution in [2.75, 3.05) is 13.1 Å². The Balaban J connectivity index is 3.05. The maximum absolute atomic E-state index is 12.5. The van der Waals surface area contributed by atoms with Gasteiger partial charge in [0, 0.05) is 32.4 Å². The number of nitrogens with one attached hydrogen (secondary N) is 1. The van der Waals surface area contributed by atoms with Gasteiger partial charge in [0.05, 0.1) is 0 Å². The van der Waals surface area contributed by atoms with E-state index in [1.807, 2.05) is 0 Å². The van der Waals surface area contributed by atoms with Gasteiger partial charge >= 0.3 is 5.97 Å². The number of aliphatic carboxylic acids is 1. The fraction of sp³-hybridized carbons (Fsp3) is 0.417. The number of carboxylic acids is 1. The summed E-state index contributed by atoms with van der Waals surface area (Å²) in [5.74, 6) is -1.60. The quantitative estimate of drug-likeness (QED) is 0.712. The van der Waals surface area contributed by atoms with E-state index >= 15 is 0 Å². The van der Waals surface area contributed by atoms with Gasteiger partial charge in [-0.1, -0.05) is 0 Å². The lowest BCUT2D eigenvalue weighted by Gasteiger charge is -2.25. The smallest absolute Gasteiger partial charge is 0.321 e. The van der Waals surface area contributed by atoms with Crippen LogP contribution >= 0.6 is 0 Å². The molecule has 1 aromatic heterocycles. The minimum atomic E-state index is -4.00. The molecular formula is C12H17N3O5S. The highest BCUT2D eigenvalue weighted by molar-refractivity contribution is 7.89. The molecule has 1 unspecified atom stereocenters. The summed E-state index contributed by atoms with van der Waals surface area (Å²) >= 11 is 0. The molecule has 0 spiro atoms. The number of nitrogens with zero attached hydrogens (tertiary/aromatic N) is 2. The van der Waals surface area contributed by atoms with Crippen LogP contribution in [0.4, 0.5) is 0 Å². The summed E-state index contributed by atoms with van der Waals surface area (Å²) in [6.07, 6.45) is 2.57. The lowest BCUT2D eigenvalue weighted by molar-refractivity contribution is -0.140. The number of sulfonamides is 1. The van der Waals surface area contributed by atoms with Crippen molar-refractivity contribution in [3.05, 3.63) is 24.5 Å². The van der Waals surface area contributed by atoms with Crippen LogP contribution in [0.25, 0.3) is 0 Å². The second kappa shape index (κ2) is 7.14. The summed E-state index contributed by atoms with van der Waals surface area (Å²) < 4.78 is 25.7. The minimum absolute atomic E-state index is 0.0203. The highest BCUT2D eigenvalue weighted by Crippen LogP contribution is 2.16. The largest absolute Gasteiger partial charge is 0.480 e. The predicted octanol–water partition coefficient (Wildman–Crippen LogP) is -0.318. The summed E-state index contributed by atoms with van der Waals surface area (Å²) in [6.45, 7) is 2.43. The van der Waals surface area contributed by atoms with E-state index in [0.29, 0.717) is 0 Å². The molecule has 0 aromatic carbocycles. The molecule has 0 aliphatic heterocycles. The van der Waals surface area contributed by atoms with E-state index in [2.05, 4.69) is 10.3 Å². The zero-order valence-electron chi connectivity index (χ0n) is 11.7. The number of hydrogen-bond donors (Lipinski definition) is 2. The van der Waals surface area contributed by atoms with Gasteiger partial charge in [-0.25, -0.2) is 8.42 Å². The molecule has 0 saturated carbocycles. The van der Waals surface area contributed by atoms with Crippen molar-refractivity contribution in [3.8, 4) is 0 Å². The molecule has 1 amide bonds. The van der Waals surface area contributed by atoms with Gasteiger partial charge in [0.15, 0.2) is 0 Å². The van der Waals surface area contributed by atoms with E-state index in [9.17, 15) is 18.0 Å². The Morgan fingerprint density at radius 3 is 2.62 bits per heavy atom. The topological polar surface area (TPSA) is 117 Å². The van der Waals surface area contributed by atoms with Crippen molar-refractivity contribution in [3.63, 3.8) is 0 Å². The van der Waals surface area contributed by atoms with Gasteiger partial charge in [-0.2, -0.15) is 4.31 Å². The molecule has 116 valence electrons. The van der Waals surface area contributed by atoms with Gasteiger partial charge < -0.3 is 10.4 Å². The Morgan fingerprint density at radius 1 is 1.48 bits per heavy atom. The molecule has 2 N–H and O–H groups in total. The van der Waals surface area contributed by atoms with E-state index in [0.717, 1.165) is 10.5 Å². The van der Waals surface area contributed by atoms with Crippen LogP contribution in [0, 0.1) is 0 Å². The van der Waals surface area contributed by atoms with Gasteiger partial charge in [0.25, 0.3) is 0 Å². The molecule has 1 aromatic rings. The lowest BCUT2D eigenvalue weighted by Crippen LogP contribution is -2.46. The Kier molecular flexibility index (Phi) is 5.79. The summed E-state index contributed by atoms with van der Waals surface area (Å²) in [6, 6.07) is 1.52. The highest BCUT2D eigenvalue weighted by atomic mass is 32.2. The highest BCUT2D eigenvalue weighted by Gasteiger charge is 2.32. The summed E-state index contributed by atoms with van der Waals surface area (Å²) in [5.41, 5.74) is 0. The van der Waals surface area contributed by atoms with Crippen molar-refractivity contribution in [1.82, 2.24) is 14.6 Å². The normalized spacial score (nSPS) is 12.9. The maximum atomic E-state index is 12.5. The van der Waals surface area contributed by atoms with E-state index in [4.69, 9.17) is 5.11 Å². The average Bonchev–Trinajstić information content (AvgIpc) is 2.43. The Labute approximate surface area is 122 Å². The molecule has 0 saturated heterocycles. The van der Waals surface area contributed by atoms with Gasteiger partial charge in [0.2, 0.25) is 15.9 Å². The van der Waals surface area contributed by atoms with Crippen LogP contribution in [-0.4, -0.2) is 53.8 Å². The molecular weight excluding hydrogens is 298 g/mol. The monoisotopic (exact) mass is 315 g/mol. The average molecular weight is 315 g/mol. The van der Waals surface area contributed by atoms with Crippen LogP contribution in [0.2, 0.25) is 0 Å². The Hall–Kier alpha value is -2.00. The minimum Gasteiger partial charge on any atom is -0.480 e. The zero-order chi connectivity index (χ0) is 16.0. The standard InChI is InChI=1S/C12H17N3O5S/c1-9(12(17)18)15(7-6-14-10(2)16)21(19,20)11-4-3-5-13-8-11/h3-5,8-9H,6-7H2,1-2H3,(H,14,16)(H,17,18). The molecule has 1 atom stereocenters. The molecule has 9 heteroatoms. The first-order valence-corrected chi connectivity index (χ1v) is 7.60. The number of carbonyl (C=O) groups is 2. The SMILES string of the molecule is CC(=O)NCCN(C(C)C(=O)O)S(=O)(=O)c1cccnc1. The van der Waals surface area contributed by atoms with Crippen molar-refractivity contribution in [2.45, 2.75) is 24.8 Å². The van der Waals surface area contributed by atoms with Crippen LogP contribution < -0.4 is 5.32 Å². The fourth-order valence-corrected chi connectivity index (χ4v) is 3.18. The fourth-order valence-electron chi connectivity index (χ4n) is 1.62. The molecule has 0 radical (unpaired) electrons. The van der Waals surface area contributed by atoms with Gasteiger partial charge in [-0.05, 0) is 19.1 Å². The third-order valence-electron chi connectivity index (χ3n) is 2.74. The first-order chi connectivity index (χ1) is 9.76. The zero-order valence-corrected chi connectivity index (χ0v) is 12.5. The van der Waals surface area contributed by atoms with Crippen LogP contribution in [-0.2, 0) is 19.6 Å². The maximum Gasteiger partial charge on any atom is 0.321 e.